The molecule has 0 aromatic heterocycles. The topological polar surface area (TPSA) is 24.8 Å². The van der Waals surface area contributed by atoms with Crippen molar-refractivity contribution >= 4 is 29.2 Å². The number of hydrogen-bond acceptors (Lipinski definition) is 3. The molecule has 0 saturated heterocycles. The van der Waals surface area contributed by atoms with Crippen molar-refractivity contribution in [1.82, 2.24) is 0 Å². The van der Waals surface area contributed by atoms with Gasteiger partial charge in [-0.25, -0.2) is 0 Å². The zero-order chi connectivity index (χ0) is 19.6. The lowest BCUT2D eigenvalue weighted by molar-refractivity contribution is 0.376. The van der Waals surface area contributed by atoms with Gasteiger partial charge in [-0.2, -0.15) is 0 Å². The highest BCUT2D eigenvalue weighted by Crippen LogP contribution is 2.45. The summed E-state index contributed by atoms with van der Waals surface area (Å²) in [7, 11) is 1.66. The SMILES string of the molecule is CCCN1c2cc(Cl)c(C=Nc3cccc(OC)c3)cc2C(C)CC1(C)C. The van der Waals surface area contributed by atoms with E-state index in [-0.39, 0.29) is 5.54 Å². The van der Waals surface area contributed by atoms with Gasteiger partial charge in [0.2, 0.25) is 0 Å². The third-order valence-corrected chi connectivity index (χ3v) is 5.68. The number of nitrogens with zero attached hydrogens (tertiary/aromatic N) is 2. The molecule has 0 N–H and O–H groups in total. The van der Waals surface area contributed by atoms with Gasteiger partial charge in [0, 0.05) is 35.6 Å². The minimum atomic E-state index is 0.141. The number of benzene rings is 2. The van der Waals surface area contributed by atoms with E-state index >= 15 is 0 Å². The van der Waals surface area contributed by atoms with Gasteiger partial charge >= 0.3 is 0 Å². The van der Waals surface area contributed by atoms with Crippen molar-refractivity contribution in [3.63, 3.8) is 0 Å². The molecular weight excluding hydrogens is 356 g/mol. The molecule has 2 aromatic rings. The number of hydrogen-bond donors (Lipinski definition) is 0. The van der Waals surface area contributed by atoms with E-state index in [0.29, 0.717) is 5.92 Å². The van der Waals surface area contributed by atoms with E-state index in [1.807, 2.05) is 30.5 Å². The van der Waals surface area contributed by atoms with Gasteiger partial charge in [0.05, 0.1) is 17.8 Å². The zero-order valence-corrected chi connectivity index (χ0v) is 17.7. The first-order valence-corrected chi connectivity index (χ1v) is 10.0. The smallest absolute Gasteiger partial charge is 0.121 e. The second-order valence-corrected chi connectivity index (χ2v) is 8.37. The van der Waals surface area contributed by atoms with Crippen molar-refractivity contribution < 1.29 is 4.74 Å². The second kappa shape index (κ2) is 7.93. The van der Waals surface area contributed by atoms with Gasteiger partial charge in [-0.05, 0) is 62.4 Å². The van der Waals surface area contributed by atoms with E-state index in [4.69, 9.17) is 16.3 Å². The lowest BCUT2D eigenvalue weighted by Crippen LogP contribution is -2.48. The Hall–Kier alpha value is -2.00. The Kier molecular flexibility index (Phi) is 5.81. The van der Waals surface area contributed by atoms with Crippen LogP contribution in [0.5, 0.6) is 5.75 Å². The van der Waals surface area contributed by atoms with Crippen LogP contribution in [0.2, 0.25) is 5.02 Å². The maximum Gasteiger partial charge on any atom is 0.121 e. The maximum absolute atomic E-state index is 6.65. The Morgan fingerprint density at radius 1 is 1.30 bits per heavy atom. The lowest BCUT2D eigenvalue weighted by atomic mass is 9.79. The summed E-state index contributed by atoms with van der Waals surface area (Å²) in [5, 5.41) is 0.742. The van der Waals surface area contributed by atoms with Gasteiger partial charge in [0.1, 0.15) is 5.75 Å². The van der Waals surface area contributed by atoms with Crippen LogP contribution in [-0.2, 0) is 0 Å². The molecule has 0 aliphatic carbocycles. The van der Waals surface area contributed by atoms with Gasteiger partial charge in [-0.3, -0.25) is 4.99 Å². The number of halogens is 1. The number of aliphatic imine (C=N–C) groups is 1. The van der Waals surface area contributed by atoms with Gasteiger partial charge in [-0.1, -0.05) is 31.5 Å². The Morgan fingerprint density at radius 3 is 2.78 bits per heavy atom. The third-order valence-electron chi connectivity index (χ3n) is 5.36. The molecule has 4 heteroatoms. The first-order valence-electron chi connectivity index (χ1n) is 9.65. The molecule has 0 radical (unpaired) electrons. The van der Waals surface area contributed by atoms with E-state index in [0.717, 1.165) is 41.4 Å². The van der Waals surface area contributed by atoms with Crippen molar-refractivity contribution in [3.05, 3.63) is 52.5 Å². The first kappa shape index (κ1) is 19.8. The lowest BCUT2D eigenvalue weighted by Gasteiger charge is -2.47. The molecule has 1 heterocycles. The molecule has 0 fully saturated rings. The summed E-state index contributed by atoms with van der Waals surface area (Å²) < 4.78 is 5.27. The van der Waals surface area contributed by atoms with Crippen molar-refractivity contribution in [3.8, 4) is 5.75 Å². The minimum Gasteiger partial charge on any atom is -0.497 e. The fourth-order valence-corrected chi connectivity index (χ4v) is 4.31. The van der Waals surface area contributed by atoms with E-state index in [9.17, 15) is 0 Å². The summed E-state index contributed by atoms with van der Waals surface area (Å²) in [5.41, 5.74) is 4.58. The summed E-state index contributed by atoms with van der Waals surface area (Å²) in [6, 6.07) is 12.1. The summed E-state index contributed by atoms with van der Waals surface area (Å²) in [6.45, 7) is 10.2. The summed E-state index contributed by atoms with van der Waals surface area (Å²) in [6.07, 6.45) is 4.11. The van der Waals surface area contributed by atoms with E-state index in [2.05, 4.69) is 49.7 Å². The molecule has 1 aliphatic rings. The van der Waals surface area contributed by atoms with Crippen molar-refractivity contribution in [2.75, 3.05) is 18.6 Å². The summed E-state index contributed by atoms with van der Waals surface area (Å²) >= 11 is 6.65. The van der Waals surface area contributed by atoms with Crippen molar-refractivity contribution in [2.45, 2.75) is 52.0 Å². The summed E-state index contributed by atoms with van der Waals surface area (Å²) in [4.78, 5) is 7.11. The van der Waals surface area contributed by atoms with Crippen LogP contribution in [0.3, 0.4) is 0 Å². The highest BCUT2D eigenvalue weighted by Gasteiger charge is 2.36. The molecule has 0 amide bonds. The van der Waals surface area contributed by atoms with E-state index in [1.165, 1.54) is 11.3 Å². The Bertz CT molecular complexity index is 844. The zero-order valence-electron chi connectivity index (χ0n) is 16.9. The predicted molar refractivity (Wildman–Crippen MR) is 116 cm³/mol. The molecule has 27 heavy (non-hydrogen) atoms. The number of anilines is 1. The van der Waals surface area contributed by atoms with Crippen molar-refractivity contribution in [2.24, 2.45) is 4.99 Å². The Morgan fingerprint density at radius 2 is 2.07 bits per heavy atom. The maximum atomic E-state index is 6.65. The molecule has 3 rings (SSSR count). The Labute approximate surface area is 168 Å². The molecule has 0 bridgehead atoms. The summed E-state index contributed by atoms with van der Waals surface area (Å²) in [5.74, 6) is 1.29. The normalized spacial score (nSPS) is 18.6. The molecule has 1 unspecified atom stereocenters. The van der Waals surface area contributed by atoms with Gasteiger partial charge in [-0.15, -0.1) is 0 Å². The molecule has 0 saturated carbocycles. The highest BCUT2D eigenvalue weighted by atomic mass is 35.5. The molecule has 3 nitrogen and oxygen atoms in total. The number of rotatable bonds is 5. The number of fused-ring (bicyclic) bond motifs is 1. The molecule has 0 spiro atoms. The van der Waals surface area contributed by atoms with Gasteiger partial charge in [0.15, 0.2) is 0 Å². The monoisotopic (exact) mass is 384 g/mol. The highest BCUT2D eigenvalue weighted by molar-refractivity contribution is 6.33. The molecule has 144 valence electrons. The van der Waals surface area contributed by atoms with Crippen LogP contribution >= 0.6 is 11.6 Å². The number of methoxy groups -OCH3 is 1. The van der Waals surface area contributed by atoms with Crippen LogP contribution in [-0.4, -0.2) is 25.4 Å². The molecule has 1 aliphatic heterocycles. The van der Waals surface area contributed by atoms with E-state index in [1.54, 1.807) is 7.11 Å². The van der Waals surface area contributed by atoms with E-state index < -0.39 is 0 Å². The second-order valence-electron chi connectivity index (χ2n) is 7.96. The van der Waals surface area contributed by atoms with Crippen LogP contribution in [0.15, 0.2) is 41.4 Å². The van der Waals surface area contributed by atoms with Crippen LogP contribution in [0.1, 0.15) is 57.6 Å². The fraction of sp³-hybridized carbons (Fsp3) is 0.435. The molecule has 2 aromatic carbocycles. The third kappa shape index (κ3) is 4.14. The minimum absolute atomic E-state index is 0.141. The fourth-order valence-electron chi connectivity index (χ4n) is 4.10. The molecular formula is C23H29ClN2O. The van der Waals surface area contributed by atoms with Crippen LogP contribution < -0.4 is 9.64 Å². The van der Waals surface area contributed by atoms with Gasteiger partial charge in [0.25, 0.3) is 0 Å². The van der Waals surface area contributed by atoms with Crippen LogP contribution in [0, 0.1) is 0 Å². The average Bonchev–Trinajstić information content (AvgIpc) is 2.63. The quantitative estimate of drug-likeness (QED) is 0.542. The van der Waals surface area contributed by atoms with Crippen molar-refractivity contribution in [1.29, 1.82) is 0 Å². The largest absolute Gasteiger partial charge is 0.497 e. The van der Waals surface area contributed by atoms with Crippen LogP contribution in [0.25, 0.3) is 0 Å². The predicted octanol–water partition coefficient (Wildman–Crippen LogP) is 6.60. The Balaban J connectivity index is 1.98. The van der Waals surface area contributed by atoms with Gasteiger partial charge < -0.3 is 9.64 Å². The first-order chi connectivity index (χ1) is 12.9. The standard InChI is InChI=1S/C23H29ClN2O/c1-6-10-26-22-13-21(24)17(11-20(22)16(2)14-23(26,3)4)15-25-18-8-7-9-19(12-18)27-5/h7-9,11-13,15-16H,6,10,14H2,1-5H3. The average molecular weight is 385 g/mol. The van der Waals surface area contributed by atoms with Crippen LogP contribution in [0.4, 0.5) is 11.4 Å². The molecule has 1 atom stereocenters. The number of ether oxygens (including phenoxy) is 1.